The normalized spacial score (nSPS) is 26.4. The molecule has 0 atom stereocenters. The lowest BCUT2D eigenvalue weighted by atomic mass is 9.76. The van der Waals surface area contributed by atoms with E-state index in [0.717, 1.165) is 18.8 Å². The molecule has 0 unspecified atom stereocenters. The van der Waals surface area contributed by atoms with E-state index in [1.165, 1.54) is 0 Å². The van der Waals surface area contributed by atoms with E-state index in [0.29, 0.717) is 19.3 Å². The lowest BCUT2D eigenvalue weighted by Crippen LogP contribution is -2.32. The van der Waals surface area contributed by atoms with Crippen LogP contribution in [0.2, 0.25) is 0 Å². The molecule has 0 aromatic carbocycles. The minimum atomic E-state index is -3.58. The van der Waals surface area contributed by atoms with Gasteiger partial charge in [0, 0.05) is 0 Å². The molecule has 0 aromatic rings. The van der Waals surface area contributed by atoms with Crippen LogP contribution in [0.15, 0.2) is 0 Å². The molecule has 0 aliphatic heterocycles. The summed E-state index contributed by atoms with van der Waals surface area (Å²) in [6.07, 6.45) is 4.43. The number of rotatable bonds is 9. The molecule has 0 saturated heterocycles. The molecule has 0 radical (unpaired) electrons. The average molecular weight is 409 g/mol. The Balaban J connectivity index is 2.70. The quantitative estimate of drug-likeness (QED) is 0.482. The van der Waals surface area contributed by atoms with E-state index in [-0.39, 0.29) is 37.6 Å². The van der Waals surface area contributed by atoms with Crippen molar-refractivity contribution in [3.63, 3.8) is 0 Å². The van der Waals surface area contributed by atoms with Crippen LogP contribution in [0.4, 0.5) is 0 Å². The highest BCUT2D eigenvalue weighted by molar-refractivity contribution is 7.86. The van der Waals surface area contributed by atoms with Crippen molar-refractivity contribution >= 4 is 30.4 Å². The topological polar surface area (TPSA) is 130 Å². The Kier molecular flexibility index (Phi) is 7.63. The van der Waals surface area contributed by atoms with E-state index < -0.39 is 30.4 Å². The van der Waals surface area contributed by atoms with Crippen LogP contribution in [0.25, 0.3) is 0 Å². The van der Waals surface area contributed by atoms with Gasteiger partial charge in [0.1, 0.15) is 0 Å². The largest absolute Gasteiger partial charge is 0.270 e. The molecule has 1 aliphatic carbocycles. The van der Waals surface area contributed by atoms with Gasteiger partial charge in [-0.05, 0) is 37.0 Å². The van der Waals surface area contributed by atoms with Gasteiger partial charge in [0.25, 0.3) is 30.4 Å². The van der Waals surface area contributed by atoms with Crippen molar-refractivity contribution in [1.29, 1.82) is 0 Å². The molecule has 0 aromatic heterocycles. The highest BCUT2D eigenvalue weighted by Crippen LogP contribution is 2.34. The maximum Gasteiger partial charge on any atom is 0.264 e. The van der Waals surface area contributed by atoms with Crippen LogP contribution in [0.1, 0.15) is 19.3 Å². The fraction of sp³-hybridized carbons (Fsp3) is 1.00. The van der Waals surface area contributed by atoms with E-state index >= 15 is 0 Å². The van der Waals surface area contributed by atoms with Crippen molar-refractivity contribution in [2.75, 3.05) is 38.6 Å². The third-order valence-corrected chi connectivity index (χ3v) is 5.25. The first-order valence-corrected chi connectivity index (χ1v) is 12.7. The number of hydrogen-bond donors (Lipinski definition) is 0. The van der Waals surface area contributed by atoms with E-state index in [1.807, 2.05) is 0 Å². The van der Waals surface area contributed by atoms with E-state index in [9.17, 15) is 25.3 Å². The van der Waals surface area contributed by atoms with Gasteiger partial charge in [-0.1, -0.05) is 0 Å². The molecule has 0 heterocycles. The van der Waals surface area contributed by atoms with Crippen molar-refractivity contribution < 1.29 is 37.8 Å². The molecule has 1 fully saturated rings. The molecule has 1 rings (SSSR count). The van der Waals surface area contributed by atoms with Crippen LogP contribution in [-0.2, 0) is 42.9 Å². The minimum Gasteiger partial charge on any atom is -0.270 e. The summed E-state index contributed by atoms with van der Waals surface area (Å²) < 4.78 is 81.2. The zero-order valence-electron chi connectivity index (χ0n) is 13.9. The third kappa shape index (κ3) is 10.6. The van der Waals surface area contributed by atoms with Crippen molar-refractivity contribution in [3.05, 3.63) is 0 Å². The van der Waals surface area contributed by atoms with E-state index in [4.69, 9.17) is 12.5 Å². The van der Waals surface area contributed by atoms with Crippen molar-refractivity contribution in [2.24, 2.45) is 17.8 Å². The Morgan fingerprint density at radius 3 is 0.958 bits per heavy atom. The molecular weight excluding hydrogens is 384 g/mol. The monoisotopic (exact) mass is 408 g/mol. The van der Waals surface area contributed by atoms with Gasteiger partial charge in [-0.2, -0.15) is 25.3 Å². The van der Waals surface area contributed by atoms with Crippen molar-refractivity contribution in [3.8, 4) is 0 Å². The summed E-state index contributed by atoms with van der Waals surface area (Å²) in [6, 6.07) is 0. The second-order valence-corrected chi connectivity index (χ2v) is 11.2. The summed E-state index contributed by atoms with van der Waals surface area (Å²) in [5.74, 6) is -0.473. The van der Waals surface area contributed by atoms with Crippen LogP contribution < -0.4 is 0 Å². The first-order chi connectivity index (χ1) is 10.7. The average Bonchev–Trinajstić information content (AvgIpc) is 2.38. The highest BCUT2D eigenvalue weighted by Gasteiger charge is 2.31. The first-order valence-electron chi connectivity index (χ1n) is 7.27. The van der Waals surface area contributed by atoms with Gasteiger partial charge in [-0.15, -0.1) is 0 Å². The molecule has 0 spiro atoms. The summed E-state index contributed by atoms with van der Waals surface area (Å²) in [4.78, 5) is 0. The summed E-state index contributed by atoms with van der Waals surface area (Å²) in [6.45, 7) is -0.114. The molecule has 144 valence electrons. The summed E-state index contributed by atoms with van der Waals surface area (Å²) >= 11 is 0. The van der Waals surface area contributed by atoms with Gasteiger partial charge in [-0.25, -0.2) is 0 Å². The summed E-state index contributed by atoms with van der Waals surface area (Å²) in [7, 11) is -10.8. The standard InChI is InChI=1S/C12H24O9S3/c1-22(13,14)19-7-10-4-11(8-20-23(2,15)16)6-12(5-10)9-21-24(3,17)18/h10-12H,4-9H2,1-3H3. The fourth-order valence-electron chi connectivity index (χ4n) is 2.77. The predicted molar refractivity (Wildman–Crippen MR) is 86.7 cm³/mol. The van der Waals surface area contributed by atoms with Crippen LogP contribution in [0.3, 0.4) is 0 Å². The van der Waals surface area contributed by atoms with Gasteiger partial charge in [0.2, 0.25) is 0 Å². The molecule has 1 aliphatic rings. The zero-order chi connectivity index (χ0) is 18.6. The van der Waals surface area contributed by atoms with E-state index in [1.54, 1.807) is 0 Å². The van der Waals surface area contributed by atoms with Crippen molar-refractivity contribution in [1.82, 2.24) is 0 Å². The molecular formula is C12H24O9S3. The van der Waals surface area contributed by atoms with Gasteiger partial charge in [-0.3, -0.25) is 12.5 Å². The second-order valence-electron chi connectivity index (χ2n) is 6.27. The van der Waals surface area contributed by atoms with Crippen LogP contribution in [-0.4, -0.2) is 63.8 Å². The molecule has 1 saturated carbocycles. The highest BCUT2D eigenvalue weighted by atomic mass is 32.2. The number of hydrogen-bond acceptors (Lipinski definition) is 9. The van der Waals surface area contributed by atoms with Crippen LogP contribution >= 0.6 is 0 Å². The van der Waals surface area contributed by atoms with Crippen LogP contribution in [0, 0.1) is 17.8 Å². The Labute approximate surface area is 144 Å². The summed E-state index contributed by atoms with van der Waals surface area (Å²) in [5.41, 5.74) is 0. The summed E-state index contributed by atoms with van der Waals surface area (Å²) in [5, 5.41) is 0. The Morgan fingerprint density at radius 2 is 0.792 bits per heavy atom. The second kappa shape index (κ2) is 8.41. The Hall–Kier alpha value is -0.270. The molecule has 0 N–H and O–H groups in total. The molecule has 0 bridgehead atoms. The maximum atomic E-state index is 11.1. The lowest BCUT2D eigenvalue weighted by molar-refractivity contribution is 0.0868. The zero-order valence-corrected chi connectivity index (χ0v) is 16.3. The van der Waals surface area contributed by atoms with Crippen LogP contribution in [0.5, 0.6) is 0 Å². The predicted octanol–water partition coefficient (Wildman–Crippen LogP) is -0.0525. The third-order valence-electron chi connectivity index (χ3n) is 3.55. The smallest absolute Gasteiger partial charge is 0.264 e. The Bertz CT molecular complexity index is 603. The SMILES string of the molecule is CS(=O)(=O)OCC1CC(COS(C)(=O)=O)CC(COS(C)(=O)=O)C1. The fourth-order valence-corrected chi connectivity index (χ4v) is 4.09. The van der Waals surface area contributed by atoms with Gasteiger partial charge in [0.05, 0.1) is 38.6 Å². The molecule has 0 amide bonds. The van der Waals surface area contributed by atoms with Gasteiger partial charge < -0.3 is 0 Å². The van der Waals surface area contributed by atoms with Crippen molar-refractivity contribution in [2.45, 2.75) is 19.3 Å². The lowest BCUT2D eigenvalue weighted by Gasteiger charge is -2.34. The van der Waals surface area contributed by atoms with Gasteiger partial charge in [0.15, 0.2) is 0 Å². The first kappa shape index (κ1) is 21.8. The maximum absolute atomic E-state index is 11.1. The molecule has 12 heteroatoms. The molecule has 9 nitrogen and oxygen atoms in total. The van der Waals surface area contributed by atoms with E-state index in [2.05, 4.69) is 0 Å². The van der Waals surface area contributed by atoms with Gasteiger partial charge >= 0.3 is 0 Å². The molecule has 24 heavy (non-hydrogen) atoms. The Morgan fingerprint density at radius 1 is 0.583 bits per heavy atom. The minimum absolute atomic E-state index is 0.0381.